The highest BCUT2D eigenvalue weighted by Crippen LogP contribution is 2.40. The lowest BCUT2D eigenvalue weighted by Crippen LogP contribution is -2.33. The van der Waals surface area contributed by atoms with Gasteiger partial charge in [0, 0.05) is 13.0 Å². The molecule has 1 N–H and O–H groups in total. The van der Waals surface area contributed by atoms with Gasteiger partial charge in [0.25, 0.3) is 11.8 Å². The summed E-state index contributed by atoms with van der Waals surface area (Å²) in [6.45, 7) is -0.625. The van der Waals surface area contributed by atoms with Crippen LogP contribution >= 0.6 is 0 Å². The van der Waals surface area contributed by atoms with Gasteiger partial charge in [-0.05, 0) is 6.42 Å². The van der Waals surface area contributed by atoms with Gasteiger partial charge in [0.15, 0.2) is 0 Å². The summed E-state index contributed by atoms with van der Waals surface area (Å²) in [7, 11) is 0. The highest BCUT2D eigenvalue weighted by molar-refractivity contribution is 4.79. The molecule has 1 nitrogen and oxygen atoms in total. The molecule has 0 rings (SSSR count). The number of hydrogen-bond donors (Lipinski definition) is 1. The van der Waals surface area contributed by atoms with Crippen LogP contribution in [0.5, 0.6) is 0 Å². The third kappa shape index (κ3) is 7.72. The summed E-state index contributed by atoms with van der Waals surface area (Å²) in [5.41, 5.74) is 0. The minimum Gasteiger partial charge on any atom is -0.396 e. The summed E-state index contributed by atoms with van der Waals surface area (Å²) in [5, 5.41) is 8.21. The number of aliphatic hydroxyl groups excluding tert-OH is 1. The van der Waals surface area contributed by atoms with Crippen LogP contribution in [0.1, 0.15) is 25.7 Å². The highest BCUT2D eigenvalue weighted by Gasteiger charge is 2.49. The first kappa shape index (κ1) is 15.5. The van der Waals surface area contributed by atoms with Crippen LogP contribution in [0, 0.1) is 0 Å². The molecule has 16 heavy (non-hydrogen) atoms. The van der Waals surface area contributed by atoms with E-state index in [0.29, 0.717) is 0 Å². The van der Waals surface area contributed by atoms with Crippen LogP contribution in [-0.4, -0.2) is 29.7 Å². The molecule has 0 aliphatic carbocycles. The fourth-order valence-electron chi connectivity index (χ4n) is 1.16. The first-order valence-corrected chi connectivity index (χ1v) is 4.41. The molecule has 98 valence electrons. The van der Waals surface area contributed by atoms with Crippen molar-refractivity contribution in [3.05, 3.63) is 0 Å². The summed E-state index contributed by atoms with van der Waals surface area (Å²) in [6.07, 6.45) is -11.4. The number of rotatable bonds is 6. The second-order valence-corrected chi connectivity index (χ2v) is 3.51. The molecule has 0 spiro atoms. The standard InChI is InChI=1S/C8H11F7O/c9-6(10,2-1-3-16)4-7(11,12)5-8(13,14)15/h16H,1-5H2. The Kier molecular flexibility index (Phi) is 5.03. The van der Waals surface area contributed by atoms with E-state index in [4.69, 9.17) is 5.11 Å². The van der Waals surface area contributed by atoms with Gasteiger partial charge in [-0.25, -0.2) is 17.6 Å². The maximum absolute atomic E-state index is 12.7. The average molecular weight is 256 g/mol. The van der Waals surface area contributed by atoms with Crippen LogP contribution in [-0.2, 0) is 0 Å². The second kappa shape index (κ2) is 5.20. The van der Waals surface area contributed by atoms with Crippen molar-refractivity contribution >= 4 is 0 Å². The van der Waals surface area contributed by atoms with Crippen molar-refractivity contribution in [2.75, 3.05) is 6.61 Å². The Hall–Kier alpha value is -0.530. The fraction of sp³-hybridized carbons (Fsp3) is 1.00. The van der Waals surface area contributed by atoms with Gasteiger partial charge >= 0.3 is 6.18 Å². The Balaban J connectivity index is 4.33. The maximum Gasteiger partial charge on any atom is 0.394 e. The monoisotopic (exact) mass is 256 g/mol. The summed E-state index contributed by atoms with van der Waals surface area (Å²) >= 11 is 0. The van der Waals surface area contributed by atoms with E-state index in [-0.39, 0.29) is 0 Å². The highest BCUT2D eigenvalue weighted by atomic mass is 19.4. The summed E-state index contributed by atoms with van der Waals surface area (Å²) in [6, 6.07) is 0. The minimum atomic E-state index is -5.18. The molecule has 0 radical (unpaired) electrons. The van der Waals surface area contributed by atoms with Gasteiger partial charge in [0.1, 0.15) is 6.42 Å². The predicted octanol–water partition coefficient (Wildman–Crippen LogP) is 3.37. The van der Waals surface area contributed by atoms with Crippen molar-refractivity contribution in [3.63, 3.8) is 0 Å². The molecule has 0 atom stereocenters. The predicted molar refractivity (Wildman–Crippen MR) is 41.5 cm³/mol. The smallest absolute Gasteiger partial charge is 0.394 e. The van der Waals surface area contributed by atoms with Crippen LogP contribution in [0.25, 0.3) is 0 Å². The van der Waals surface area contributed by atoms with Crippen LogP contribution in [0.2, 0.25) is 0 Å². The normalized spacial score (nSPS) is 14.2. The molecule has 0 fully saturated rings. The first-order valence-electron chi connectivity index (χ1n) is 4.41. The number of alkyl halides is 7. The van der Waals surface area contributed by atoms with Crippen molar-refractivity contribution < 1.29 is 35.8 Å². The van der Waals surface area contributed by atoms with Gasteiger partial charge in [-0.15, -0.1) is 0 Å². The Morgan fingerprint density at radius 1 is 0.750 bits per heavy atom. The van der Waals surface area contributed by atoms with Crippen molar-refractivity contribution in [3.8, 4) is 0 Å². The van der Waals surface area contributed by atoms with E-state index in [1.54, 1.807) is 0 Å². The summed E-state index contributed by atoms with van der Waals surface area (Å²) < 4.78 is 85.4. The fourth-order valence-corrected chi connectivity index (χ4v) is 1.16. The van der Waals surface area contributed by atoms with Crippen molar-refractivity contribution in [2.24, 2.45) is 0 Å². The minimum absolute atomic E-state index is 0.435. The molecule has 0 aliphatic rings. The van der Waals surface area contributed by atoms with E-state index in [2.05, 4.69) is 0 Å². The summed E-state index contributed by atoms with van der Waals surface area (Å²) in [5.74, 6) is -8.39. The Morgan fingerprint density at radius 3 is 1.62 bits per heavy atom. The van der Waals surface area contributed by atoms with E-state index >= 15 is 0 Å². The molecule has 0 unspecified atom stereocenters. The quantitative estimate of drug-likeness (QED) is 0.722. The van der Waals surface area contributed by atoms with E-state index in [0.717, 1.165) is 0 Å². The zero-order chi connectivity index (χ0) is 13.0. The molecule has 0 amide bonds. The van der Waals surface area contributed by atoms with Crippen LogP contribution < -0.4 is 0 Å². The largest absolute Gasteiger partial charge is 0.396 e. The molecule has 0 saturated heterocycles. The van der Waals surface area contributed by atoms with Crippen molar-refractivity contribution in [2.45, 2.75) is 43.7 Å². The zero-order valence-electron chi connectivity index (χ0n) is 8.13. The van der Waals surface area contributed by atoms with Gasteiger partial charge in [0.2, 0.25) is 0 Å². The Labute approximate surface area is 87.2 Å². The van der Waals surface area contributed by atoms with E-state index in [9.17, 15) is 30.7 Å². The third-order valence-electron chi connectivity index (χ3n) is 1.68. The van der Waals surface area contributed by atoms with Gasteiger partial charge in [-0.2, -0.15) is 13.2 Å². The number of hydrogen-bond acceptors (Lipinski definition) is 1. The van der Waals surface area contributed by atoms with Crippen molar-refractivity contribution in [1.29, 1.82) is 0 Å². The van der Waals surface area contributed by atoms with Crippen molar-refractivity contribution in [1.82, 2.24) is 0 Å². The van der Waals surface area contributed by atoms with Gasteiger partial charge in [-0.3, -0.25) is 0 Å². The molecule has 0 bridgehead atoms. The van der Waals surface area contributed by atoms with Gasteiger partial charge < -0.3 is 5.11 Å². The summed E-state index contributed by atoms with van der Waals surface area (Å²) in [4.78, 5) is 0. The molecular weight excluding hydrogens is 245 g/mol. The Morgan fingerprint density at radius 2 is 1.25 bits per heavy atom. The topological polar surface area (TPSA) is 20.2 Å². The maximum atomic E-state index is 12.7. The van der Waals surface area contributed by atoms with Gasteiger partial charge in [0.05, 0.1) is 6.42 Å². The molecule has 0 aromatic heterocycles. The van der Waals surface area contributed by atoms with Crippen LogP contribution in [0.3, 0.4) is 0 Å². The van der Waals surface area contributed by atoms with E-state index in [1.807, 2.05) is 0 Å². The van der Waals surface area contributed by atoms with E-state index < -0.39 is 50.3 Å². The molecule has 0 aliphatic heterocycles. The molecule has 0 aromatic rings. The first-order chi connectivity index (χ1) is 6.97. The van der Waals surface area contributed by atoms with Crippen LogP contribution in [0.15, 0.2) is 0 Å². The lowest BCUT2D eigenvalue weighted by Gasteiger charge is -2.23. The lowest BCUT2D eigenvalue weighted by atomic mass is 10.0. The average Bonchev–Trinajstić information content (AvgIpc) is 1.93. The second-order valence-electron chi connectivity index (χ2n) is 3.51. The lowest BCUT2D eigenvalue weighted by molar-refractivity contribution is -0.206. The molecule has 0 aromatic carbocycles. The molecule has 8 heteroatoms. The SMILES string of the molecule is OCCCC(F)(F)CC(F)(F)CC(F)(F)F. The number of aliphatic hydroxyl groups is 1. The molecule has 0 saturated carbocycles. The third-order valence-corrected chi connectivity index (χ3v) is 1.68. The Bertz CT molecular complexity index is 211. The molecule has 0 heterocycles. The van der Waals surface area contributed by atoms with Crippen LogP contribution in [0.4, 0.5) is 30.7 Å². The van der Waals surface area contributed by atoms with Gasteiger partial charge in [-0.1, -0.05) is 0 Å². The van der Waals surface area contributed by atoms with E-state index in [1.165, 1.54) is 0 Å². The number of halogens is 7. The zero-order valence-corrected chi connectivity index (χ0v) is 8.13. The molecular formula is C8H11F7O.